The third-order valence-corrected chi connectivity index (χ3v) is 4.99. The second kappa shape index (κ2) is 5.85. The summed E-state index contributed by atoms with van der Waals surface area (Å²) < 4.78 is 14.0. The zero-order valence-electron chi connectivity index (χ0n) is 13.7. The monoisotopic (exact) mass is 350 g/mol. The maximum atomic E-state index is 14.0. The van der Waals surface area contributed by atoms with Crippen LogP contribution in [-0.4, -0.2) is 24.4 Å². The first kappa shape index (κ1) is 16.1. The van der Waals surface area contributed by atoms with Gasteiger partial charge in [-0.1, -0.05) is 18.2 Å². The molecule has 2 aromatic carbocycles. The predicted octanol–water partition coefficient (Wildman–Crippen LogP) is 1.89. The standard InChI is InChI=1S/C19H15FN4O2/c20-13-7-11(9-21)5-6-15(13)23-17(25)16-8-19(18(26)24-16)10-22-14-4-2-1-3-12(14)19/h1-7,16,22H,8,10H2,(H,23,25)(H,24,26). The van der Waals surface area contributed by atoms with Crippen molar-refractivity contribution in [1.82, 2.24) is 5.32 Å². The van der Waals surface area contributed by atoms with Gasteiger partial charge in [0.15, 0.2) is 0 Å². The fourth-order valence-corrected chi connectivity index (χ4v) is 3.63. The van der Waals surface area contributed by atoms with Crippen molar-refractivity contribution in [3.8, 4) is 6.07 Å². The summed E-state index contributed by atoms with van der Waals surface area (Å²) in [4.78, 5) is 25.2. The minimum atomic E-state index is -0.790. The molecule has 2 aromatic rings. The zero-order valence-corrected chi connectivity index (χ0v) is 13.7. The number of hydrogen-bond acceptors (Lipinski definition) is 4. The number of para-hydroxylation sites is 1. The van der Waals surface area contributed by atoms with Crippen molar-refractivity contribution in [3.05, 3.63) is 59.4 Å². The smallest absolute Gasteiger partial charge is 0.247 e. The van der Waals surface area contributed by atoms with E-state index in [4.69, 9.17) is 5.26 Å². The Labute approximate surface area is 149 Å². The largest absolute Gasteiger partial charge is 0.383 e. The van der Waals surface area contributed by atoms with E-state index in [1.54, 1.807) is 0 Å². The van der Waals surface area contributed by atoms with Crippen LogP contribution < -0.4 is 16.0 Å². The minimum Gasteiger partial charge on any atom is -0.383 e. The molecule has 6 nitrogen and oxygen atoms in total. The van der Waals surface area contributed by atoms with Gasteiger partial charge in [0.1, 0.15) is 11.9 Å². The lowest BCUT2D eigenvalue weighted by Crippen LogP contribution is -2.39. The zero-order chi connectivity index (χ0) is 18.3. The molecule has 0 aromatic heterocycles. The lowest BCUT2D eigenvalue weighted by molar-refractivity contribution is -0.125. The van der Waals surface area contributed by atoms with Crippen LogP contribution in [0.1, 0.15) is 17.5 Å². The van der Waals surface area contributed by atoms with Crippen LogP contribution in [0.15, 0.2) is 42.5 Å². The normalized spacial score (nSPS) is 23.1. The Morgan fingerprint density at radius 1 is 1.31 bits per heavy atom. The van der Waals surface area contributed by atoms with Crippen LogP contribution in [0.25, 0.3) is 0 Å². The van der Waals surface area contributed by atoms with Crippen molar-refractivity contribution in [2.75, 3.05) is 17.2 Å². The van der Waals surface area contributed by atoms with Gasteiger partial charge in [-0.2, -0.15) is 5.26 Å². The van der Waals surface area contributed by atoms with Gasteiger partial charge in [-0.25, -0.2) is 4.39 Å². The highest BCUT2D eigenvalue weighted by Crippen LogP contribution is 2.43. The number of carbonyl (C=O) groups excluding carboxylic acids is 2. The highest BCUT2D eigenvalue weighted by atomic mass is 19.1. The highest BCUT2D eigenvalue weighted by molar-refractivity contribution is 6.04. The lowest BCUT2D eigenvalue weighted by Gasteiger charge is -2.19. The molecule has 4 rings (SSSR count). The number of rotatable bonds is 2. The Hall–Kier alpha value is -3.40. The summed E-state index contributed by atoms with van der Waals surface area (Å²) >= 11 is 0. The molecule has 1 fully saturated rings. The van der Waals surface area contributed by atoms with Gasteiger partial charge in [-0.15, -0.1) is 0 Å². The molecule has 1 spiro atoms. The molecule has 130 valence electrons. The molecule has 0 radical (unpaired) electrons. The van der Waals surface area contributed by atoms with Crippen molar-refractivity contribution in [1.29, 1.82) is 5.26 Å². The van der Waals surface area contributed by atoms with Gasteiger partial charge < -0.3 is 16.0 Å². The number of hydrogen-bond donors (Lipinski definition) is 3. The van der Waals surface area contributed by atoms with Gasteiger partial charge >= 0.3 is 0 Å². The number of nitriles is 1. The van der Waals surface area contributed by atoms with Crippen LogP contribution in [0.3, 0.4) is 0 Å². The third-order valence-electron chi connectivity index (χ3n) is 4.99. The fourth-order valence-electron chi connectivity index (χ4n) is 3.63. The predicted molar refractivity (Wildman–Crippen MR) is 92.9 cm³/mol. The van der Waals surface area contributed by atoms with Crippen LogP contribution in [0, 0.1) is 17.1 Å². The maximum Gasteiger partial charge on any atom is 0.247 e. The average molecular weight is 350 g/mol. The van der Waals surface area contributed by atoms with E-state index in [0.29, 0.717) is 13.0 Å². The molecular weight excluding hydrogens is 335 g/mol. The molecule has 3 N–H and O–H groups in total. The van der Waals surface area contributed by atoms with Gasteiger partial charge in [0.05, 0.1) is 22.7 Å². The first-order chi connectivity index (χ1) is 12.5. The molecule has 2 unspecified atom stereocenters. The summed E-state index contributed by atoms with van der Waals surface area (Å²) in [5, 5.41) is 17.2. The van der Waals surface area contributed by atoms with E-state index in [1.807, 2.05) is 30.3 Å². The Balaban J connectivity index is 1.55. The van der Waals surface area contributed by atoms with Gasteiger partial charge in [-0.3, -0.25) is 9.59 Å². The third kappa shape index (κ3) is 2.39. The first-order valence-electron chi connectivity index (χ1n) is 8.18. The molecule has 2 amide bonds. The second-order valence-corrected chi connectivity index (χ2v) is 6.51. The number of carbonyl (C=O) groups is 2. The first-order valence-corrected chi connectivity index (χ1v) is 8.18. The van der Waals surface area contributed by atoms with Crippen LogP contribution in [-0.2, 0) is 15.0 Å². The topological polar surface area (TPSA) is 94.0 Å². The number of anilines is 2. The number of nitrogens with zero attached hydrogens (tertiary/aromatic N) is 1. The van der Waals surface area contributed by atoms with Gasteiger partial charge in [0.2, 0.25) is 11.8 Å². The maximum absolute atomic E-state index is 14.0. The Kier molecular flexibility index (Phi) is 3.62. The van der Waals surface area contributed by atoms with Crippen molar-refractivity contribution < 1.29 is 14.0 Å². The number of benzene rings is 2. The summed E-state index contributed by atoms with van der Waals surface area (Å²) in [7, 11) is 0. The van der Waals surface area contributed by atoms with Crippen LogP contribution >= 0.6 is 0 Å². The quantitative estimate of drug-likeness (QED) is 0.771. The molecule has 7 heteroatoms. The van der Waals surface area contributed by atoms with Gasteiger partial charge in [-0.05, 0) is 36.2 Å². The summed E-state index contributed by atoms with van der Waals surface area (Å²) in [6, 6.07) is 12.4. The van der Waals surface area contributed by atoms with Crippen molar-refractivity contribution in [2.45, 2.75) is 17.9 Å². The van der Waals surface area contributed by atoms with Crippen molar-refractivity contribution in [2.24, 2.45) is 0 Å². The number of amides is 2. The molecule has 0 aliphatic carbocycles. The summed E-state index contributed by atoms with van der Waals surface area (Å²) in [6.45, 7) is 0.424. The minimum absolute atomic E-state index is 0.0193. The average Bonchev–Trinajstić information content (AvgIpc) is 3.19. The van der Waals surface area contributed by atoms with E-state index < -0.39 is 23.2 Å². The Morgan fingerprint density at radius 3 is 2.88 bits per heavy atom. The highest BCUT2D eigenvalue weighted by Gasteiger charge is 2.53. The van der Waals surface area contributed by atoms with E-state index in [9.17, 15) is 14.0 Å². The molecule has 2 heterocycles. The van der Waals surface area contributed by atoms with E-state index >= 15 is 0 Å². The van der Waals surface area contributed by atoms with E-state index in [1.165, 1.54) is 12.1 Å². The number of fused-ring (bicyclic) bond motifs is 2. The number of halogens is 1. The molecule has 0 bridgehead atoms. The van der Waals surface area contributed by atoms with E-state index in [-0.39, 0.29) is 17.2 Å². The number of nitrogens with one attached hydrogen (secondary N) is 3. The van der Waals surface area contributed by atoms with Gasteiger partial charge in [0, 0.05) is 12.2 Å². The van der Waals surface area contributed by atoms with Crippen molar-refractivity contribution in [3.63, 3.8) is 0 Å². The van der Waals surface area contributed by atoms with E-state index in [0.717, 1.165) is 17.3 Å². The SMILES string of the molecule is N#Cc1ccc(NC(=O)C2CC3(CNc4ccccc43)C(=O)N2)c(F)c1. The second-order valence-electron chi connectivity index (χ2n) is 6.51. The molecular formula is C19H15FN4O2. The molecule has 2 atom stereocenters. The van der Waals surface area contributed by atoms with E-state index in [2.05, 4.69) is 16.0 Å². The fraction of sp³-hybridized carbons (Fsp3) is 0.211. The molecule has 1 saturated heterocycles. The Morgan fingerprint density at radius 2 is 2.12 bits per heavy atom. The van der Waals surface area contributed by atoms with Crippen LogP contribution in [0.4, 0.5) is 15.8 Å². The summed E-state index contributed by atoms with van der Waals surface area (Å²) in [5.41, 5.74) is 1.12. The molecule has 0 saturated carbocycles. The Bertz CT molecular complexity index is 968. The molecule has 26 heavy (non-hydrogen) atoms. The van der Waals surface area contributed by atoms with Crippen LogP contribution in [0.5, 0.6) is 0 Å². The molecule has 2 aliphatic heterocycles. The van der Waals surface area contributed by atoms with Crippen LogP contribution in [0.2, 0.25) is 0 Å². The summed E-state index contributed by atoms with van der Waals surface area (Å²) in [5.74, 6) is -1.39. The van der Waals surface area contributed by atoms with Gasteiger partial charge in [0.25, 0.3) is 0 Å². The van der Waals surface area contributed by atoms with Crippen molar-refractivity contribution >= 4 is 23.2 Å². The summed E-state index contributed by atoms with van der Waals surface area (Å²) in [6.07, 6.45) is 0.291. The molecule has 2 aliphatic rings. The lowest BCUT2D eigenvalue weighted by atomic mass is 9.79.